The van der Waals surface area contributed by atoms with Crippen molar-refractivity contribution < 1.29 is 17.6 Å². The van der Waals surface area contributed by atoms with Crippen LogP contribution < -0.4 is 5.32 Å². The number of sulfonamides is 1. The standard InChI is InChI=1S/C17H18ClFN2O3S/c1-3-21(4-2)25(23,24)14-7-5-6-12(10-14)17(22)20-16-9-8-13(19)11-15(16)18/h5-11H,3-4H2,1-2H3,(H,20,22). The van der Waals surface area contributed by atoms with E-state index in [1.165, 1.54) is 40.7 Å². The third-order valence-corrected chi connectivity index (χ3v) is 5.98. The Morgan fingerprint density at radius 1 is 1.16 bits per heavy atom. The van der Waals surface area contributed by atoms with Crippen molar-refractivity contribution in [2.45, 2.75) is 18.7 Å². The molecule has 0 radical (unpaired) electrons. The number of anilines is 1. The summed E-state index contributed by atoms with van der Waals surface area (Å²) in [5.74, 6) is -1.06. The highest BCUT2D eigenvalue weighted by Gasteiger charge is 2.22. The number of nitrogens with one attached hydrogen (secondary N) is 1. The molecule has 0 aliphatic heterocycles. The average Bonchev–Trinajstić information content (AvgIpc) is 2.58. The molecule has 2 aromatic rings. The van der Waals surface area contributed by atoms with Gasteiger partial charge in [0, 0.05) is 18.7 Å². The van der Waals surface area contributed by atoms with Gasteiger partial charge in [-0.15, -0.1) is 0 Å². The van der Waals surface area contributed by atoms with Crippen LogP contribution in [0.25, 0.3) is 0 Å². The lowest BCUT2D eigenvalue weighted by atomic mass is 10.2. The Morgan fingerprint density at radius 2 is 1.84 bits per heavy atom. The summed E-state index contributed by atoms with van der Waals surface area (Å²) in [6.07, 6.45) is 0. The normalized spacial score (nSPS) is 11.6. The van der Waals surface area contributed by atoms with Gasteiger partial charge in [-0.05, 0) is 36.4 Å². The molecule has 0 saturated carbocycles. The Balaban J connectivity index is 2.30. The molecule has 1 amide bonds. The molecule has 5 nitrogen and oxygen atoms in total. The molecule has 0 fully saturated rings. The third kappa shape index (κ3) is 4.36. The van der Waals surface area contributed by atoms with E-state index in [2.05, 4.69) is 5.32 Å². The average molecular weight is 385 g/mol. The van der Waals surface area contributed by atoms with Crippen molar-refractivity contribution in [2.75, 3.05) is 18.4 Å². The van der Waals surface area contributed by atoms with Crippen LogP contribution in [-0.2, 0) is 10.0 Å². The fourth-order valence-electron chi connectivity index (χ4n) is 2.30. The van der Waals surface area contributed by atoms with E-state index in [9.17, 15) is 17.6 Å². The molecule has 0 atom stereocenters. The minimum absolute atomic E-state index is 0.0362. The lowest BCUT2D eigenvalue weighted by molar-refractivity contribution is 0.102. The Bertz CT molecular complexity index is 883. The highest BCUT2D eigenvalue weighted by atomic mass is 35.5. The minimum Gasteiger partial charge on any atom is -0.321 e. The molecule has 0 saturated heterocycles. The fraction of sp³-hybridized carbons (Fsp3) is 0.235. The topological polar surface area (TPSA) is 66.5 Å². The van der Waals surface area contributed by atoms with Gasteiger partial charge in [-0.1, -0.05) is 31.5 Å². The van der Waals surface area contributed by atoms with Gasteiger partial charge in [0.05, 0.1) is 15.6 Å². The number of nitrogens with zero attached hydrogens (tertiary/aromatic N) is 1. The number of benzene rings is 2. The van der Waals surface area contributed by atoms with Gasteiger partial charge in [0.1, 0.15) is 5.82 Å². The predicted molar refractivity (Wildman–Crippen MR) is 95.9 cm³/mol. The van der Waals surface area contributed by atoms with E-state index in [1.807, 2.05) is 0 Å². The molecular formula is C17H18ClFN2O3S. The molecule has 25 heavy (non-hydrogen) atoms. The Labute approximate surface area is 151 Å². The first-order valence-electron chi connectivity index (χ1n) is 7.66. The van der Waals surface area contributed by atoms with Crippen molar-refractivity contribution in [3.8, 4) is 0 Å². The first kappa shape index (κ1) is 19.4. The van der Waals surface area contributed by atoms with Gasteiger partial charge < -0.3 is 5.32 Å². The highest BCUT2D eigenvalue weighted by molar-refractivity contribution is 7.89. The number of halogens is 2. The molecule has 0 aromatic heterocycles. The van der Waals surface area contributed by atoms with Crippen LogP contribution in [0.1, 0.15) is 24.2 Å². The van der Waals surface area contributed by atoms with Gasteiger partial charge in [-0.25, -0.2) is 12.8 Å². The van der Waals surface area contributed by atoms with E-state index in [0.717, 1.165) is 6.07 Å². The van der Waals surface area contributed by atoms with E-state index in [4.69, 9.17) is 11.6 Å². The number of hydrogen-bond acceptors (Lipinski definition) is 3. The summed E-state index contributed by atoms with van der Waals surface area (Å²) in [5, 5.41) is 2.60. The summed E-state index contributed by atoms with van der Waals surface area (Å²) in [5.41, 5.74) is 0.402. The van der Waals surface area contributed by atoms with E-state index in [-0.39, 0.29) is 21.2 Å². The summed E-state index contributed by atoms with van der Waals surface area (Å²) >= 11 is 5.89. The molecule has 1 N–H and O–H groups in total. The minimum atomic E-state index is -3.67. The summed E-state index contributed by atoms with van der Waals surface area (Å²) in [6.45, 7) is 4.16. The molecule has 134 valence electrons. The molecule has 0 aliphatic rings. The number of carbonyl (C=O) groups is 1. The third-order valence-electron chi connectivity index (χ3n) is 3.62. The number of hydrogen-bond donors (Lipinski definition) is 1. The number of carbonyl (C=O) groups excluding carboxylic acids is 1. The van der Waals surface area contributed by atoms with Crippen molar-refractivity contribution in [1.82, 2.24) is 4.31 Å². The van der Waals surface area contributed by atoms with Crippen LogP contribution in [0.2, 0.25) is 5.02 Å². The second-order valence-corrected chi connectivity index (χ2v) is 7.54. The summed E-state index contributed by atoms with van der Waals surface area (Å²) < 4.78 is 39.5. The van der Waals surface area contributed by atoms with Gasteiger partial charge in [0.15, 0.2) is 0 Å². The fourth-order valence-corrected chi connectivity index (χ4v) is 4.01. The van der Waals surface area contributed by atoms with Gasteiger partial charge in [0.2, 0.25) is 10.0 Å². The van der Waals surface area contributed by atoms with Crippen LogP contribution in [0.5, 0.6) is 0 Å². The number of rotatable bonds is 6. The molecule has 0 spiro atoms. The van der Waals surface area contributed by atoms with Crippen LogP contribution in [-0.4, -0.2) is 31.7 Å². The van der Waals surface area contributed by atoms with Crippen molar-refractivity contribution in [3.63, 3.8) is 0 Å². The van der Waals surface area contributed by atoms with E-state index in [1.54, 1.807) is 13.8 Å². The highest BCUT2D eigenvalue weighted by Crippen LogP contribution is 2.24. The first-order valence-corrected chi connectivity index (χ1v) is 9.48. The molecule has 0 heterocycles. The zero-order valence-corrected chi connectivity index (χ0v) is 15.4. The van der Waals surface area contributed by atoms with E-state index in [0.29, 0.717) is 13.1 Å². The first-order chi connectivity index (χ1) is 11.8. The zero-order valence-electron chi connectivity index (χ0n) is 13.8. The Kier molecular flexibility index (Phi) is 6.16. The molecule has 0 aliphatic carbocycles. The molecule has 2 rings (SSSR count). The lowest BCUT2D eigenvalue weighted by Gasteiger charge is -2.18. The maximum absolute atomic E-state index is 13.1. The van der Waals surface area contributed by atoms with Crippen LogP contribution in [0.4, 0.5) is 10.1 Å². The summed E-state index contributed by atoms with van der Waals surface area (Å²) in [4.78, 5) is 12.4. The van der Waals surface area contributed by atoms with Crippen molar-refractivity contribution in [2.24, 2.45) is 0 Å². The van der Waals surface area contributed by atoms with Gasteiger partial charge >= 0.3 is 0 Å². The van der Waals surface area contributed by atoms with Crippen LogP contribution in [0.15, 0.2) is 47.4 Å². The quantitative estimate of drug-likeness (QED) is 0.824. The van der Waals surface area contributed by atoms with Gasteiger partial charge in [0.25, 0.3) is 5.91 Å². The SMILES string of the molecule is CCN(CC)S(=O)(=O)c1cccc(C(=O)Nc2ccc(F)cc2Cl)c1. The smallest absolute Gasteiger partial charge is 0.255 e. The van der Waals surface area contributed by atoms with Crippen molar-refractivity contribution >= 4 is 33.2 Å². The largest absolute Gasteiger partial charge is 0.321 e. The zero-order chi connectivity index (χ0) is 18.6. The molecular weight excluding hydrogens is 367 g/mol. The summed E-state index contributed by atoms with van der Waals surface area (Å²) in [7, 11) is -3.67. The molecule has 8 heteroatoms. The Hall–Kier alpha value is -1.96. The second-order valence-electron chi connectivity index (χ2n) is 5.20. The van der Waals surface area contributed by atoms with Crippen LogP contribution >= 0.6 is 11.6 Å². The van der Waals surface area contributed by atoms with E-state index < -0.39 is 21.7 Å². The molecule has 0 bridgehead atoms. The van der Waals surface area contributed by atoms with Gasteiger partial charge in [-0.3, -0.25) is 4.79 Å². The van der Waals surface area contributed by atoms with Crippen molar-refractivity contribution in [1.29, 1.82) is 0 Å². The van der Waals surface area contributed by atoms with Gasteiger partial charge in [-0.2, -0.15) is 4.31 Å². The monoisotopic (exact) mass is 384 g/mol. The Morgan fingerprint density at radius 3 is 2.44 bits per heavy atom. The predicted octanol–water partition coefficient (Wildman–Crippen LogP) is 3.76. The maximum Gasteiger partial charge on any atom is 0.255 e. The van der Waals surface area contributed by atoms with E-state index >= 15 is 0 Å². The maximum atomic E-state index is 13.1. The number of amides is 1. The van der Waals surface area contributed by atoms with Crippen molar-refractivity contribution in [3.05, 3.63) is 58.9 Å². The van der Waals surface area contributed by atoms with Crippen LogP contribution in [0, 0.1) is 5.82 Å². The molecule has 0 unspecified atom stereocenters. The summed E-state index contributed by atoms with van der Waals surface area (Å²) in [6, 6.07) is 9.33. The van der Waals surface area contributed by atoms with Crippen LogP contribution in [0.3, 0.4) is 0 Å². The second kappa shape index (κ2) is 7.95. The molecule has 2 aromatic carbocycles. The lowest BCUT2D eigenvalue weighted by Crippen LogP contribution is -2.30.